The number of nitrogens with zero attached hydrogens (tertiary/aromatic N) is 1. The monoisotopic (exact) mass is 228 g/mol. The van der Waals surface area contributed by atoms with Crippen molar-refractivity contribution in [3.8, 4) is 0 Å². The van der Waals surface area contributed by atoms with Crippen molar-refractivity contribution in [2.45, 2.75) is 45.2 Å². The lowest BCUT2D eigenvalue weighted by Gasteiger charge is -2.37. The van der Waals surface area contributed by atoms with Gasteiger partial charge in [-0.1, -0.05) is 13.3 Å². The van der Waals surface area contributed by atoms with Crippen LogP contribution in [0, 0.1) is 5.92 Å². The Morgan fingerprint density at radius 3 is 2.62 bits per heavy atom. The predicted octanol–water partition coefficient (Wildman–Crippen LogP) is 0.435. The fourth-order valence-corrected chi connectivity index (χ4v) is 2.17. The van der Waals surface area contributed by atoms with Crippen molar-refractivity contribution in [3.05, 3.63) is 0 Å². The zero-order valence-corrected chi connectivity index (χ0v) is 9.85. The number of carboxylic acids is 1. The molecule has 0 bridgehead atoms. The van der Waals surface area contributed by atoms with Crippen LogP contribution in [0.2, 0.25) is 0 Å². The van der Waals surface area contributed by atoms with E-state index in [1.54, 1.807) is 6.92 Å². The van der Waals surface area contributed by atoms with E-state index in [9.17, 15) is 9.59 Å². The van der Waals surface area contributed by atoms with Gasteiger partial charge < -0.3 is 15.7 Å². The third-order valence-electron chi connectivity index (χ3n) is 3.25. The lowest BCUT2D eigenvalue weighted by Crippen LogP contribution is -2.54. The van der Waals surface area contributed by atoms with E-state index in [4.69, 9.17) is 10.8 Å². The van der Waals surface area contributed by atoms with Crippen molar-refractivity contribution >= 4 is 11.9 Å². The first kappa shape index (κ1) is 13.0. The highest BCUT2D eigenvalue weighted by molar-refractivity contribution is 5.86. The van der Waals surface area contributed by atoms with Gasteiger partial charge in [-0.3, -0.25) is 4.79 Å². The summed E-state index contributed by atoms with van der Waals surface area (Å²) < 4.78 is 0. The molecule has 92 valence electrons. The maximum atomic E-state index is 11.7. The number of hydrogen-bond acceptors (Lipinski definition) is 3. The third kappa shape index (κ3) is 2.72. The number of amides is 1. The predicted molar refractivity (Wildman–Crippen MR) is 59.8 cm³/mol. The van der Waals surface area contributed by atoms with Crippen LogP contribution in [0.1, 0.15) is 33.1 Å². The van der Waals surface area contributed by atoms with Gasteiger partial charge in [0.2, 0.25) is 5.91 Å². The number of piperidine rings is 1. The van der Waals surface area contributed by atoms with Gasteiger partial charge in [0, 0.05) is 6.54 Å². The molecule has 0 radical (unpaired) electrons. The Morgan fingerprint density at radius 1 is 1.56 bits per heavy atom. The van der Waals surface area contributed by atoms with E-state index >= 15 is 0 Å². The molecular formula is C11H20N2O3. The molecule has 1 fully saturated rings. The number of carboxylic acid groups (broad SMARTS) is 1. The number of nitrogens with two attached hydrogens (primary N) is 1. The summed E-state index contributed by atoms with van der Waals surface area (Å²) in [6, 6.07) is -1.32. The second kappa shape index (κ2) is 5.30. The van der Waals surface area contributed by atoms with Gasteiger partial charge in [-0.2, -0.15) is 0 Å². The minimum absolute atomic E-state index is 0.262. The van der Waals surface area contributed by atoms with Crippen molar-refractivity contribution in [2.75, 3.05) is 6.54 Å². The lowest BCUT2D eigenvalue weighted by molar-refractivity contribution is -0.153. The Balaban J connectivity index is 2.76. The van der Waals surface area contributed by atoms with Gasteiger partial charge in [-0.25, -0.2) is 4.79 Å². The summed E-state index contributed by atoms with van der Waals surface area (Å²) in [5.74, 6) is -0.785. The fraction of sp³-hybridized carbons (Fsp3) is 0.818. The van der Waals surface area contributed by atoms with Crippen LogP contribution in [0.25, 0.3) is 0 Å². The van der Waals surface area contributed by atoms with Crippen LogP contribution in [-0.4, -0.2) is 40.5 Å². The van der Waals surface area contributed by atoms with Crippen molar-refractivity contribution in [2.24, 2.45) is 11.7 Å². The van der Waals surface area contributed by atoms with E-state index in [0.29, 0.717) is 18.9 Å². The molecule has 0 aromatic heterocycles. The van der Waals surface area contributed by atoms with Crippen LogP contribution >= 0.6 is 0 Å². The summed E-state index contributed by atoms with van der Waals surface area (Å²) in [4.78, 5) is 24.3. The third-order valence-corrected chi connectivity index (χ3v) is 3.25. The van der Waals surface area contributed by atoms with Crippen molar-refractivity contribution < 1.29 is 14.7 Å². The number of aliphatic carboxylic acids is 1. The smallest absolute Gasteiger partial charge is 0.326 e. The first-order chi connectivity index (χ1) is 7.47. The Kier molecular flexibility index (Phi) is 4.29. The SMILES string of the molecule is CCC1CCN(C(=O)[C@H](C)N)C(C(=O)O)C1. The molecule has 16 heavy (non-hydrogen) atoms. The highest BCUT2D eigenvalue weighted by Crippen LogP contribution is 2.25. The molecule has 1 heterocycles. The summed E-state index contributed by atoms with van der Waals surface area (Å²) >= 11 is 0. The van der Waals surface area contributed by atoms with Crippen LogP contribution in [0.4, 0.5) is 0 Å². The van der Waals surface area contributed by atoms with E-state index in [-0.39, 0.29) is 5.91 Å². The van der Waals surface area contributed by atoms with Gasteiger partial charge >= 0.3 is 5.97 Å². The molecule has 2 unspecified atom stereocenters. The standard InChI is InChI=1S/C11H20N2O3/c1-3-8-4-5-13(10(14)7(2)12)9(6-8)11(15)16/h7-9H,3-6,12H2,1-2H3,(H,15,16)/t7-,8?,9?/m0/s1. The molecule has 5 heteroatoms. The number of hydrogen-bond donors (Lipinski definition) is 2. The fourth-order valence-electron chi connectivity index (χ4n) is 2.17. The Labute approximate surface area is 95.6 Å². The summed E-state index contributed by atoms with van der Waals surface area (Å²) in [5, 5.41) is 9.12. The summed E-state index contributed by atoms with van der Waals surface area (Å²) in [6.07, 6.45) is 2.38. The molecule has 1 saturated heterocycles. The summed E-state index contributed by atoms with van der Waals surface area (Å²) in [5.41, 5.74) is 5.51. The van der Waals surface area contributed by atoms with Crippen LogP contribution in [0.3, 0.4) is 0 Å². The Bertz CT molecular complexity index is 278. The number of likely N-dealkylation sites (tertiary alicyclic amines) is 1. The number of rotatable bonds is 3. The first-order valence-corrected chi connectivity index (χ1v) is 5.76. The highest BCUT2D eigenvalue weighted by atomic mass is 16.4. The normalized spacial score (nSPS) is 27.6. The molecule has 0 aliphatic carbocycles. The molecule has 0 aromatic carbocycles. The molecular weight excluding hydrogens is 208 g/mol. The maximum absolute atomic E-state index is 11.7. The van der Waals surface area contributed by atoms with E-state index in [1.165, 1.54) is 4.90 Å². The minimum Gasteiger partial charge on any atom is -0.480 e. The molecule has 5 nitrogen and oxygen atoms in total. The van der Waals surface area contributed by atoms with Crippen LogP contribution in [0.15, 0.2) is 0 Å². The topological polar surface area (TPSA) is 83.6 Å². The van der Waals surface area contributed by atoms with E-state index < -0.39 is 18.1 Å². The molecule has 0 saturated carbocycles. The van der Waals surface area contributed by atoms with Gasteiger partial charge in [0.25, 0.3) is 0 Å². The van der Waals surface area contributed by atoms with Crippen molar-refractivity contribution in [3.63, 3.8) is 0 Å². The largest absolute Gasteiger partial charge is 0.480 e. The summed E-state index contributed by atoms with van der Waals surface area (Å²) in [7, 11) is 0. The van der Waals surface area contributed by atoms with Crippen molar-refractivity contribution in [1.29, 1.82) is 0 Å². The molecule has 1 aliphatic heterocycles. The Morgan fingerprint density at radius 2 is 2.19 bits per heavy atom. The first-order valence-electron chi connectivity index (χ1n) is 5.76. The molecule has 1 aliphatic rings. The zero-order valence-electron chi connectivity index (χ0n) is 9.85. The molecule has 1 amide bonds. The number of carbonyl (C=O) groups excluding carboxylic acids is 1. The van der Waals surface area contributed by atoms with Crippen molar-refractivity contribution in [1.82, 2.24) is 4.90 Å². The van der Waals surface area contributed by atoms with Crippen LogP contribution in [0.5, 0.6) is 0 Å². The molecule has 3 N–H and O–H groups in total. The van der Waals surface area contributed by atoms with Crippen LogP contribution in [-0.2, 0) is 9.59 Å². The van der Waals surface area contributed by atoms with E-state index in [0.717, 1.165) is 12.8 Å². The van der Waals surface area contributed by atoms with Gasteiger partial charge in [0.15, 0.2) is 0 Å². The van der Waals surface area contributed by atoms with Gasteiger partial charge in [-0.05, 0) is 25.7 Å². The van der Waals surface area contributed by atoms with E-state index in [2.05, 4.69) is 0 Å². The lowest BCUT2D eigenvalue weighted by atomic mass is 9.88. The number of carbonyl (C=O) groups is 2. The molecule has 0 spiro atoms. The van der Waals surface area contributed by atoms with Gasteiger partial charge in [-0.15, -0.1) is 0 Å². The van der Waals surface area contributed by atoms with Gasteiger partial charge in [0.1, 0.15) is 6.04 Å². The molecule has 3 atom stereocenters. The average Bonchev–Trinajstić information content (AvgIpc) is 2.26. The molecule has 1 rings (SSSR count). The molecule has 0 aromatic rings. The zero-order chi connectivity index (χ0) is 12.3. The second-order valence-electron chi connectivity index (χ2n) is 4.47. The quantitative estimate of drug-likeness (QED) is 0.734. The Hall–Kier alpha value is -1.10. The minimum atomic E-state index is -0.924. The second-order valence-corrected chi connectivity index (χ2v) is 4.47. The summed E-state index contributed by atoms with van der Waals surface area (Å²) in [6.45, 7) is 4.15. The maximum Gasteiger partial charge on any atom is 0.326 e. The highest BCUT2D eigenvalue weighted by Gasteiger charge is 2.36. The van der Waals surface area contributed by atoms with Crippen LogP contribution < -0.4 is 5.73 Å². The average molecular weight is 228 g/mol. The van der Waals surface area contributed by atoms with Gasteiger partial charge in [0.05, 0.1) is 6.04 Å². The van der Waals surface area contributed by atoms with E-state index in [1.807, 2.05) is 6.92 Å².